The van der Waals surface area contributed by atoms with Crippen molar-refractivity contribution in [1.29, 1.82) is 0 Å². The van der Waals surface area contributed by atoms with Crippen LogP contribution in [-0.2, 0) is 26.4 Å². The molecule has 1 fully saturated rings. The summed E-state index contributed by atoms with van der Waals surface area (Å²) in [5, 5.41) is 11.7. The molecule has 0 spiro atoms. The van der Waals surface area contributed by atoms with Crippen LogP contribution in [0.2, 0.25) is 0 Å². The van der Waals surface area contributed by atoms with Gasteiger partial charge in [-0.15, -0.1) is 24.0 Å². The van der Waals surface area contributed by atoms with Crippen LogP contribution in [0.25, 0.3) is 0 Å². The Labute approximate surface area is 185 Å². The predicted octanol–water partition coefficient (Wildman–Crippen LogP) is 4.05. The Bertz CT molecular complexity index is 725. The fourth-order valence-corrected chi connectivity index (χ4v) is 3.80. The van der Waals surface area contributed by atoms with Crippen molar-refractivity contribution in [2.24, 2.45) is 18.0 Å². The Kier molecular flexibility index (Phi) is 9.34. The van der Waals surface area contributed by atoms with E-state index in [4.69, 9.17) is 9.41 Å². The molecule has 1 aliphatic rings. The maximum Gasteiger partial charge on any atom is 0.191 e. The number of aromatic nitrogens is 2. The van der Waals surface area contributed by atoms with Crippen LogP contribution in [0.1, 0.15) is 56.5 Å². The lowest BCUT2D eigenvalue weighted by Gasteiger charge is -2.31. The van der Waals surface area contributed by atoms with Gasteiger partial charge in [-0.1, -0.05) is 26.7 Å². The number of halogens is 1. The molecule has 0 radical (unpaired) electrons. The number of hydrogen-bond acceptors (Lipinski definition) is 3. The first-order valence-corrected chi connectivity index (χ1v) is 10.2. The maximum absolute atomic E-state index is 5.43. The minimum atomic E-state index is 0. The molecule has 6 nitrogen and oxygen atoms in total. The lowest BCUT2D eigenvalue weighted by Crippen LogP contribution is -2.47. The van der Waals surface area contributed by atoms with E-state index < -0.39 is 0 Å². The van der Waals surface area contributed by atoms with Gasteiger partial charge >= 0.3 is 0 Å². The van der Waals surface area contributed by atoms with E-state index in [1.807, 2.05) is 23.9 Å². The van der Waals surface area contributed by atoms with Gasteiger partial charge in [-0.2, -0.15) is 5.10 Å². The van der Waals surface area contributed by atoms with Crippen molar-refractivity contribution >= 4 is 29.9 Å². The molecule has 156 valence electrons. The molecule has 2 heterocycles. The molecular formula is C21H34IN5O. The fraction of sp³-hybridized carbons (Fsp3) is 0.619. The number of furan rings is 1. The quantitative estimate of drug-likeness (QED) is 0.343. The van der Waals surface area contributed by atoms with Crippen LogP contribution in [0.4, 0.5) is 0 Å². The average molecular weight is 499 g/mol. The molecule has 1 aliphatic carbocycles. The number of nitrogens with one attached hydrogen (secondary N) is 2. The smallest absolute Gasteiger partial charge is 0.191 e. The molecular weight excluding hydrogens is 465 g/mol. The second kappa shape index (κ2) is 11.5. The van der Waals surface area contributed by atoms with Gasteiger partial charge in [0, 0.05) is 37.8 Å². The molecule has 28 heavy (non-hydrogen) atoms. The van der Waals surface area contributed by atoms with Crippen molar-refractivity contribution < 1.29 is 4.42 Å². The van der Waals surface area contributed by atoms with Crippen molar-refractivity contribution in [2.75, 3.05) is 6.54 Å². The Balaban J connectivity index is 0.00000280. The summed E-state index contributed by atoms with van der Waals surface area (Å²) in [7, 11) is 1.97. The molecule has 0 aliphatic heterocycles. The van der Waals surface area contributed by atoms with Crippen molar-refractivity contribution in [1.82, 2.24) is 20.4 Å². The number of nitrogens with zero attached hydrogens (tertiary/aromatic N) is 3. The summed E-state index contributed by atoms with van der Waals surface area (Å²) in [5.74, 6) is 2.57. The predicted molar refractivity (Wildman–Crippen MR) is 124 cm³/mol. The van der Waals surface area contributed by atoms with E-state index in [9.17, 15) is 0 Å². The third-order valence-electron chi connectivity index (χ3n) is 5.41. The lowest BCUT2D eigenvalue weighted by atomic mass is 9.86. The summed E-state index contributed by atoms with van der Waals surface area (Å²) < 4.78 is 7.31. The van der Waals surface area contributed by atoms with E-state index in [-0.39, 0.29) is 24.0 Å². The van der Waals surface area contributed by atoms with Gasteiger partial charge in [0.1, 0.15) is 5.76 Å². The van der Waals surface area contributed by atoms with Crippen LogP contribution in [0.5, 0.6) is 0 Å². The van der Waals surface area contributed by atoms with Gasteiger partial charge in [-0.3, -0.25) is 4.68 Å². The van der Waals surface area contributed by atoms with E-state index in [0.29, 0.717) is 18.5 Å². The van der Waals surface area contributed by atoms with Crippen LogP contribution < -0.4 is 10.6 Å². The first-order valence-electron chi connectivity index (χ1n) is 10.2. The fourth-order valence-electron chi connectivity index (χ4n) is 3.80. The summed E-state index contributed by atoms with van der Waals surface area (Å²) >= 11 is 0. The molecule has 0 bridgehead atoms. The minimum absolute atomic E-state index is 0. The highest BCUT2D eigenvalue weighted by molar-refractivity contribution is 14.0. The SMILES string of the molecule is CCc1nn(C)cc1CN=C(NCCc1ccco1)NC1CCCCC1C.I. The third-order valence-corrected chi connectivity index (χ3v) is 5.41. The van der Waals surface area contributed by atoms with Gasteiger partial charge in [-0.25, -0.2) is 4.99 Å². The van der Waals surface area contributed by atoms with Gasteiger partial charge in [0.25, 0.3) is 0 Å². The molecule has 7 heteroatoms. The average Bonchev–Trinajstić information content (AvgIpc) is 3.30. The summed E-state index contributed by atoms with van der Waals surface area (Å²) in [5.41, 5.74) is 2.33. The maximum atomic E-state index is 5.43. The Morgan fingerprint density at radius 1 is 1.36 bits per heavy atom. The van der Waals surface area contributed by atoms with Gasteiger partial charge in [0.2, 0.25) is 0 Å². The molecule has 0 aromatic carbocycles. The van der Waals surface area contributed by atoms with Crippen LogP contribution in [0, 0.1) is 5.92 Å². The van der Waals surface area contributed by atoms with Crippen molar-refractivity contribution in [3.8, 4) is 0 Å². The molecule has 3 rings (SSSR count). The molecule has 2 unspecified atom stereocenters. The molecule has 2 aromatic heterocycles. The summed E-state index contributed by atoms with van der Waals surface area (Å²) in [6, 6.07) is 4.44. The highest BCUT2D eigenvalue weighted by Gasteiger charge is 2.22. The standard InChI is InChI=1S/C21H33N5O.HI/c1-4-19-17(15-26(3)25-19)14-23-21(22-12-11-18-9-7-13-27-18)24-20-10-6-5-8-16(20)2;/h7,9,13,15-16,20H,4-6,8,10-12,14H2,1-3H3,(H2,22,23,24);1H. The van der Waals surface area contributed by atoms with E-state index in [1.54, 1.807) is 6.26 Å². The van der Waals surface area contributed by atoms with Gasteiger partial charge in [0.15, 0.2) is 5.96 Å². The van der Waals surface area contributed by atoms with Crippen molar-refractivity contribution in [3.63, 3.8) is 0 Å². The number of aliphatic imine (C=N–C) groups is 1. The third kappa shape index (κ3) is 6.53. The number of aryl methyl sites for hydroxylation is 2. The Morgan fingerprint density at radius 2 is 2.18 bits per heavy atom. The molecule has 1 saturated carbocycles. The zero-order valence-corrected chi connectivity index (χ0v) is 19.6. The number of rotatable bonds is 7. The van der Waals surface area contributed by atoms with Crippen molar-refractivity contribution in [2.45, 2.75) is 65.0 Å². The monoisotopic (exact) mass is 499 g/mol. The Morgan fingerprint density at radius 3 is 2.89 bits per heavy atom. The summed E-state index contributed by atoms with van der Waals surface area (Å²) in [6.45, 7) is 5.93. The molecule has 0 amide bonds. The van der Waals surface area contributed by atoms with Crippen LogP contribution in [0.15, 0.2) is 34.0 Å². The normalized spacial score (nSPS) is 19.9. The second-order valence-corrected chi connectivity index (χ2v) is 7.56. The van der Waals surface area contributed by atoms with Gasteiger partial charge < -0.3 is 15.1 Å². The second-order valence-electron chi connectivity index (χ2n) is 7.56. The van der Waals surface area contributed by atoms with Crippen LogP contribution >= 0.6 is 24.0 Å². The first kappa shape index (κ1) is 22.8. The molecule has 2 aromatic rings. The van der Waals surface area contributed by atoms with Gasteiger partial charge in [0.05, 0.1) is 18.5 Å². The zero-order valence-electron chi connectivity index (χ0n) is 17.3. The van der Waals surface area contributed by atoms with Crippen LogP contribution in [0.3, 0.4) is 0 Å². The molecule has 2 atom stereocenters. The largest absolute Gasteiger partial charge is 0.469 e. The Hall–Kier alpha value is -1.51. The highest BCUT2D eigenvalue weighted by Crippen LogP contribution is 2.23. The van der Waals surface area contributed by atoms with Gasteiger partial charge in [-0.05, 0) is 37.3 Å². The summed E-state index contributed by atoms with van der Waals surface area (Å²) in [6.07, 6.45) is 10.7. The number of guanidine groups is 1. The first-order chi connectivity index (χ1) is 13.2. The topological polar surface area (TPSA) is 67.4 Å². The highest BCUT2D eigenvalue weighted by atomic mass is 127. The number of hydrogen-bond donors (Lipinski definition) is 2. The van der Waals surface area contributed by atoms with E-state index in [0.717, 1.165) is 36.8 Å². The van der Waals surface area contributed by atoms with Crippen molar-refractivity contribution in [3.05, 3.63) is 41.6 Å². The van der Waals surface area contributed by atoms with E-state index >= 15 is 0 Å². The van der Waals surface area contributed by atoms with E-state index in [1.165, 1.54) is 31.2 Å². The molecule has 2 N–H and O–H groups in total. The lowest BCUT2D eigenvalue weighted by molar-refractivity contribution is 0.306. The minimum Gasteiger partial charge on any atom is -0.469 e. The van der Waals surface area contributed by atoms with Crippen LogP contribution in [-0.4, -0.2) is 28.3 Å². The summed E-state index contributed by atoms with van der Waals surface area (Å²) in [4.78, 5) is 4.87. The zero-order chi connectivity index (χ0) is 19.1. The van der Waals surface area contributed by atoms with E-state index in [2.05, 4.69) is 35.8 Å². The molecule has 0 saturated heterocycles.